The second kappa shape index (κ2) is 9.41. The lowest BCUT2D eigenvalue weighted by Crippen LogP contribution is -2.29. The van der Waals surface area contributed by atoms with Gasteiger partial charge in [-0.3, -0.25) is 14.9 Å². The molecule has 0 heterocycles. The number of carbonyl (C=O) groups is 1. The highest BCUT2D eigenvalue weighted by atomic mass is 16.6. The molecule has 0 aromatic heterocycles. The number of nitrogens with zero attached hydrogens (tertiary/aromatic N) is 1. The minimum Gasteiger partial charge on any atom is -0.493 e. The lowest BCUT2D eigenvalue weighted by atomic mass is 10.1. The van der Waals surface area contributed by atoms with Crippen molar-refractivity contribution in [1.29, 1.82) is 0 Å². The molecule has 1 N–H and O–H groups in total. The third-order valence-corrected chi connectivity index (χ3v) is 3.66. The monoisotopic (exact) mass is 358 g/mol. The maximum atomic E-state index is 11.8. The van der Waals surface area contributed by atoms with Gasteiger partial charge in [-0.1, -0.05) is 17.7 Å². The summed E-state index contributed by atoms with van der Waals surface area (Å²) in [5.74, 6) is 1.16. The topological polar surface area (TPSA) is 90.7 Å². The molecule has 0 spiro atoms. The van der Waals surface area contributed by atoms with Crippen LogP contribution in [0.25, 0.3) is 0 Å². The summed E-state index contributed by atoms with van der Waals surface area (Å²) in [7, 11) is 0. The van der Waals surface area contributed by atoms with Crippen molar-refractivity contribution in [3.05, 3.63) is 63.7 Å². The number of hydrogen-bond acceptors (Lipinski definition) is 5. The predicted octanol–water partition coefficient (Wildman–Crippen LogP) is 3.18. The van der Waals surface area contributed by atoms with E-state index in [-0.39, 0.29) is 24.6 Å². The maximum absolute atomic E-state index is 11.8. The number of hydrogen-bond donors (Lipinski definition) is 1. The number of nitro benzene ring substituents is 1. The molecule has 2 rings (SSSR count). The van der Waals surface area contributed by atoms with Gasteiger partial charge in [0.25, 0.3) is 5.69 Å². The summed E-state index contributed by atoms with van der Waals surface area (Å²) in [6, 6.07) is 11.7. The molecule has 0 aliphatic rings. The van der Waals surface area contributed by atoms with Crippen LogP contribution in [-0.4, -0.2) is 30.6 Å². The average molecular weight is 358 g/mol. The molecule has 1 amide bonds. The van der Waals surface area contributed by atoms with Crippen LogP contribution in [0.3, 0.4) is 0 Å². The van der Waals surface area contributed by atoms with Crippen LogP contribution in [0.2, 0.25) is 0 Å². The van der Waals surface area contributed by atoms with E-state index in [4.69, 9.17) is 9.47 Å². The molecule has 0 saturated heterocycles. The van der Waals surface area contributed by atoms with Gasteiger partial charge in [-0.15, -0.1) is 0 Å². The van der Waals surface area contributed by atoms with Gasteiger partial charge in [0.1, 0.15) is 18.1 Å². The maximum Gasteiger partial charge on any atom is 0.269 e. The molecule has 0 aliphatic heterocycles. The van der Waals surface area contributed by atoms with Gasteiger partial charge in [-0.05, 0) is 37.6 Å². The first-order valence-corrected chi connectivity index (χ1v) is 8.29. The summed E-state index contributed by atoms with van der Waals surface area (Å²) < 4.78 is 11.0. The van der Waals surface area contributed by atoms with Crippen molar-refractivity contribution in [2.75, 3.05) is 19.8 Å². The van der Waals surface area contributed by atoms with E-state index in [0.717, 1.165) is 11.3 Å². The van der Waals surface area contributed by atoms with Crippen molar-refractivity contribution in [2.24, 2.45) is 0 Å². The molecule has 2 aromatic carbocycles. The summed E-state index contributed by atoms with van der Waals surface area (Å²) in [5, 5.41) is 13.3. The molecule has 138 valence electrons. The van der Waals surface area contributed by atoms with Crippen molar-refractivity contribution in [3.8, 4) is 11.5 Å². The van der Waals surface area contributed by atoms with E-state index in [9.17, 15) is 14.9 Å². The van der Waals surface area contributed by atoms with E-state index in [1.807, 2.05) is 32.0 Å². The van der Waals surface area contributed by atoms with Crippen LogP contribution in [0.1, 0.15) is 17.5 Å². The molecule has 0 saturated carbocycles. The molecular weight excluding hydrogens is 336 g/mol. The highest BCUT2D eigenvalue weighted by Gasteiger charge is 2.06. The van der Waals surface area contributed by atoms with E-state index < -0.39 is 4.92 Å². The summed E-state index contributed by atoms with van der Waals surface area (Å²) in [6.07, 6.45) is 0.195. The van der Waals surface area contributed by atoms with Crippen LogP contribution in [-0.2, 0) is 4.79 Å². The Labute approximate surface area is 152 Å². The zero-order valence-electron chi connectivity index (χ0n) is 14.9. The van der Waals surface area contributed by atoms with Gasteiger partial charge in [0.2, 0.25) is 5.91 Å². The van der Waals surface area contributed by atoms with Gasteiger partial charge in [0.15, 0.2) is 0 Å². The van der Waals surface area contributed by atoms with Crippen molar-refractivity contribution < 1.29 is 19.2 Å². The molecule has 2 aromatic rings. The highest BCUT2D eigenvalue weighted by Crippen LogP contribution is 2.18. The Morgan fingerprint density at radius 1 is 1.08 bits per heavy atom. The number of aryl methyl sites for hydroxylation is 2. The Hall–Kier alpha value is -3.09. The molecule has 0 unspecified atom stereocenters. The molecule has 7 heteroatoms. The highest BCUT2D eigenvalue weighted by molar-refractivity contribution is 5.75. The van der Waals surface area contributed by atoms with Crippen LogP contribution in [0, 0.1) is 24.0 Å². The number of non-ortho nitro benzene ring substituents is 1. The largest absolute Gasteiger partial charge is 0.493 e. The van der Waals surface area contributed by atoms with Gasteiger partial charge in [-0.2, -0.15) is 0 Å². The molecule has 7 nitrogen and oxygen atoms in total. The van der Waals surface area contributed by atoms with Crippen molar-refractivity contribution in [1.82, 2.24) is 5.32 Å². The van der Waals surface area contributed by atoms with Crippen molar-refractivity contribution in [2.45, 2.75) is 20.3 Å². The lowest BCUT2D eigenvalue weighted by Gasteiger charge is -2.11. The van der Waals surface area contributed by atoms with Crippen LogP contribution in [0.5, 0.6) is 11.5 Å². The minimum atomic E-state index is -0.475. The number of nitrogens with one attached hydrogen (secondary N) is 1. The van der Waals surface area contributed by atoms with Gasteiger partial charge >= 0.3 is 0 Å². The van der Waals surface area contributed by atoms with Gasteiger partial charge in [0, 0.05) is 12.1 Å². The Balaban J connectivity index is 1.62. The number of nitro groups is 1. The molecule has 0 fully saturated rings. The van der Waals surface area contributed by atoms with Crippen LogP contribution >= 0.6 is 0 Å². The summed E-state index contributed by atoms with van der Waals surface area (Å²) in [5.41, 5.74) is 2.24. The third-order valence-electron chi connectivity index (χ3n) is 3.66. The fourth-order valence-electron chi connectivity index (χ4n) is 2.33. The van der Waals surface area contributed by atoms with Crippen LogP contribution in [0.15, 0.2) is 42.5 Å². The molecular formula is C19H22N2O5. The van der Waals surface area contributed by atoms with Crippen molar-refractivity contribution in [3.63, 3.8) is 0 Å². The first kappa shape index (κ1) is 19.2. The standard InChI is InChI=1S/C19H22N2O5/c1-14-3-8-18(15(2)13-14)26-12-10-20-19(22)9-11-25-17-6-4-16(5-7-17)21(23)24/h3-8,13H,9-12H2,1-2H3,(H,20,22). The Morgan fingerprint density at radius 3 is 2.46 bits per heavy atom. The first-order chi connectivity index (χ1) is 12.5. The Kier molecular flexibility index (Phi) is 6.96. The summed E-state index contributed by atoms with van der Waals surface area (Å²) >= 11 is 0. The normalized spacial score (nSPS) is 10.2. The second-order valence-corrected chi connectivity index (χ2v) is 5.82. The SMILES string of the molecule is Cc1ccc(OCCNC(=O)CCOc2ccc([N+](=O)[O-])cc2)c(C)c1. The number of amides is 1. The fourth-order valence-corrected chi connectivity index (χ4v) is 2.33. The summed E-state index contributed by atoms with van der Waals surface area (Å²) in [6.45, 7) is 5.00. The molecule has 0 aliphatic carbocycles. The van der Waals surface area contributed by atoms with Crippen LogP contribution in [0.4, 0.5) is 5.69 Å². The van der Waals surface area contributed by atoms with E-state index >= 15 is 0 Å². The summed E-state index contributed by atoms with van der Waals surface area (Å²) in [4.78, 5) is 21.9. The van der Waals surface area contributed by atoms with E-state index in [2.05, 4.69) is 5.32 Å². The number of carbonyl (C=O) groups excluding carboxylic acids is 1. The smallest absolute Gasteiger partial charge is 0.269 e. The molecule has 0 atom stereocenters. The molecule has 26 heavy (non-hydrogen) atoms. The minimum absolute atomic E-state index is 0.00101. The van der Waals surface area contributed by atoms with Crippen LogP contribution < -0.4 is 14.8 Å². The van der Waals surface area contributed by atoms with Gasteiger partial charge in [0.05, 0.1) is 24.5 Å². The van der Waals surface area contributed by atoms with Gasteiger partial charge in [-0.25, -0.2) is 0 Å². The van der Waals surface area contributed by atoms with E-state index in [1.54, 1.807) is 0 Å². The molecule has 0 bridgehead atoms. The third kappa shape index (κ3) is 6.08. The van der Waals surface area contributed by atoms with Gasteiger partial charge < -0.3 is 14.8 Å². The Bertz CT molecular complexity index is 759. The van der Waals surface area contributed by atoms with Crippen molar-refractivity contribution >= 4 is 11.6 Å². The fraction of sp³-hybridized carbons (Fsp3) is 0.316. The second-order valence-electron chi connectivity index (χ2n) is 5.82. The number of rotatable bonds is 9. The number of benzene rings is 2. The Morgan fingerprint density at radius 2 is 1.81 bits per heavy atom. The average Bonchev–Trinajstić information content (AvgIpc) is 2.60. The zero-order chi connectivity index (χ0) is 18.9. The van der Waals surface area contributed by atoms with E-state index in [1.165, 1.54) is 29.8 Å². The predicted molar refractivity (Wildman–Crippen MR) is 97.6 cm³/mol. The zero-order valence-corrected chi connectivity index (χ0v) is 14.9. The quantitative estimate of drug-likeness (QED) is 0.422. The lowest BCUT2D eigenvalue weighted by molar-refractivity contribution is -0.384. The number of ether oxygens (including phenoxy) is 2. The first-order valence-electron chi connectivity index (χ1n) is 8.29. The molecule has 0 radical (unpaired) electrons. The van der Waals surface area contributed by atoms with E-state index in [0.29, 0.717) is 18.9 Å².